The first kappa shape index (κ1) is 14.1. The summed E-state index contributed by atoms with van der Waals surface area (Å²) in [5.41, 5.74) is 0.899. The Morgan fingerprint density at radius 1 is 1.09 bits per heavy atom. The van der Waals surface area contributed by atoms with Crippen molar-refractivity contribution in [2.24, 2.45) is 5.92 Å². The van der Waals surface area contributed by atoms with Crippen LogP contribution in [-0.2, 0) is 0 Å². The van der Waals surface area contributed by atoms with Crippen molar-refractivity contribution in [1.82, 2.24) is 9.97 Å². The molecule has 0 aliphatic carbocycles. The van der Waals surface area contributed by atoms with Crippen LogP contribution in [0.25, 0.3) is 11.0 Å². The van der Waals surface area contributed by atoms with Crippen LogP contribution in [0.1, 0.15) is 12.8 Å². The van der Waals surface area contributed by atoms with Gasteiger partial charge in [-0.15, -0.1) is 0 Å². The second kappa shape index (κ2) is 6.28. The van der Waals surface area contributed by atoms with Gasteiger partial charge in [-0.1, -0.05) is 6.07 Å². The van der Waals surface area contributed by atoms with E-state index in [1.54, 1.807) is 12.5 Å². The number of nitrogens with zero attached hydrogens (tertiary/aromatic N) is 3. The summed E-state index contributed by atoms with van der Waals surface area (Å²) in [4.78, 5) is 11.1. The summed E-state index contributed by atoms with van der Waals surface area (Å²) in [5, 5.41) is 1.09. The lowest BCUT2D eigenvalue weighted by atomic mass is 9.97. The molecular formula is C18H19N3O2. The summed E-state index contributed by atoms with van der Waals surface area (Å²) in [7, 11) is 0. The Morgan fingerprint density at radius 3 is 2.83 bits per heavy atom. The van der Waals surface area contributed by atoms with Crippen LogP contribution in [0.15, 0.2) is 53.4 Å². The summed E-state index contributed by atoms with van der Waals surface area (Å²) in [6, 6.07) is 9.65. The average Bonchev–Trinajstić information content (AvgIpc) is 3.10. The largest absolute Gasteiger partial charge is 0.477 e. The van der Waals surface area contributed by atoms with Crippen molar-refractivity contribution in [3.8, 4) is 5.88 Å². The quantitative estimate of drug-likeness (QED) is 0.738. The number of fused-ring (bicyclic) bond motifs is 1. The second-order valence-electron chi connectivity index (χ2n) is 5.88. The maximum absolute atomic E-state index is 5.78. The molecule has 0 amide bonds. The van der Waals surface area contributed by atoms with Crippen molar-refractivity contribution in [3.05, 3.63) is 49.0 Å². The molecular weight excluding hydrogens is 290 g/mol. The normalized spacial score (nSPS) is 15.9. The molecule has 1 aliphatic heterocycles. The first-order chi connectivity index (χ1) is 11.4. The molecule has 0 radical (unpaired) electrons. The third-order valence-corrected chi connectivity index (χ3v) is 4.38. The van der Waals surface area contributed by atoms with E-state index < -0.39 is 0 Å². The number of ether oxygens (including phenoxy) is 1. The molecule has 0 unspecified atom stereocenters. The van der Waals surface area contributed by atoms with Crippen molar-refractivity contribution in [1.29, 1.82) is 0 Å². The smallest absolute Gasteiger partial charge is 0.213 e. The van der Waals surface area contributed by atoms with Gasteiger partial charge < -0.3 is 14.1 Å². The predicted molar refractivity (Wildman–Crippen MR) is 88.7 cm³/mol. The van der Waals surface area contributed by atoms with Crippen molar-refractivity contribution in [2.45, 2.75) is 12.8 Å². The zero-order chi connectivity index (χ0) is 15.5. The minimum atomic E-state index is 0.566. The molecule has 5 nitrogen and oxygen atoms in total. The fraction of sp³-hybridized carbons (Fsp3) is 0.333. The standard InChI is InChI=1S/C18H19N3O2/c1-2-8-19-17(3-1)23-13-14-5-10-21(11-6-14)18-15-7-12-22-16(15)4-9-20-18/h1-4,7-9,12,14H,5-6,10-11,13H2. The molecule has 0 atom stereocenters. The molecule has 4 rings (SSSR count). The third-order valence-electron chi connectivity index (χ3n) is 4.38. The van der Waals surface area contributed by atoms with E-state index in [4.69, 9.17) is 9.15 Å². The molecule has 23 heavy (non-hydrogen) atoms. The van der Waals surface area contributed by atoms with E-state index in [1.165, 1.54) is 0 Å². The predicted octanol–water partition coefficient (Wildman–Crippen LogP) is 3.52. The number of hydrogen-bond acceptors (Lipinski definition) is 5. The van der Waals surface area contributed by atoms with Gasteiger partial charge in [-0.2, -0.15) is 0 Å². The number of pyridine rings is 2. The van der Waals surface area contributed by atoms with Gasteiger partial charge in [0.15, 0.2) is 0 Å². The van der Waals surface area contributed by atoms with E-state index in [0.29, 0.717) is 11.8 Å². The highest BCUT2D eigenvalue weighted by atomic mass is 16.5. The number of piperidine rings is 1. The van der Waals surface area contributed by atoms with Crippen molar-refractivity contribution >= 4 is 16.8 Å². The van der Waals surface area contributed by atoms with Gasteiger partial charge in [0.2, 0.25) is 5.88 Å². The average molecular weight is 309 g/mol. The van der Waals surface area contributed by atoms with E-state index >= 15 is 0 Å². The van der Waals surface area contributed by atoms with Crippen molar-refractivity contribution in [2.75, 3.05) is 24.6 Å². The SMILES string of the molecule is c1ccc(OCC2CCN(c3nccc4occc34)CC2)nc1. The molecule has 3 aromatic rings. The molecule has 0 saturated carbocycles. The van der Waals surface area contributed by atoms with E-state index in [0.717, 1.165) is 49.3 Å². The number of rotatable bonds is 4. The topological polar surface area (TPSA) is 51.4 Å². The Hall–Kier alpha value is -2.56. The number of hydrogen-bond donors (Lipinski definition) is 0. The molecule has 1 fully saturated rings. The van der Waals surface area contributed by atoms with Gasteiger partial charge in [0.1, 0.15) is 11.4 Å². The zero-order valence-corrected chi connectivity index (χ0v) is 12.9. The molecule has 0 spiro atoms. The molecule has 0 N–H and O–H groups in total. The highest BCUT2D eigenvalue weighted by molar-refractivity contribution is 5.88. The maximum Gasteiger partial charge on any atom is 0.213 e. The molecule has 0 bridgehead atoms. The van der Waals surface area contributed by atoms with Crippen LogP contribution in [0.2, 0.25) is 0 Å². The highest BCUT2D eigenvalue weighted by Gasteiger charge is 2.22. The fourth-order valence-electron chi connectivity index (χ4n) is 3.08. The van der Waals surface area contributed by atoms with Gasteiger partial charge in [-0.25, -0.2) is 9.97 Å². The van der Waals surface area contributed by atoms with Crippen LogP contribution in [0, 0.1) is 5.92 Å². The summed E-state index contributed by atoms with van der Waals surface area (Å²) in [6.07, 6.45) is 7.50. The zero-order valence-electron chi connectivity index (χ0n) is 12.9. The Balaban J connectivity index is 1.37. The number of aromatic nitrogens is 2. The van der Waals surface area contributed by atoms with E-state index in [9.17, 15) is 0 Å². The highest BCUT2D eigenvalue weighted by Crippen LogP contribution is 2.29. The molecule has 0 aromatic carbocycles. The van der Waals surface area contributed by atoms with Gasteiger partial charge in [0, 0.05) is 31.5 Å². The number of furan rings is 1. The first-order valence-corrected chi connectivity index (χ1v) is 8.01. The maximum atomic E-state index is 5.78. The van der Waals surface area contributed by atoms with Gasteiger partial charge >= 0.3 is 0 Å². The van der Waals surface area contributed by atoms with Crippen LogP contribution in [0.4, 0.5) is 5.82 Å². The Bertz CT molecular complexity index is 764. The van der Waals surface area contributed by atoms with E-state index in [2.05, 4.69) is 14.9 Å². The van der Waals surface area contributed by atoms with Crippen LogP contribution in [0.3, 0.4) is 0 Å². The molecule has 1 saturated heterocycles. The summed E-state index contributed by atoms with van der Waals surface area (Å²) in [6.45, 7) is 2.72. The fourth-order valence-corrected chi connectivity index (χ4v) is 3.08. The minimum absolute atomic E-state index is 0.566. The van der Waals surface area contributed by atoms with E-state index in [-0.39, 0.29) is 0 Å². The van der Waals surface area contributed by atoms with Gasteiger partial charge in [-0.3, -0.25) is 0 Å². The molecule has 1 aliphatic rings. The molecule has 118 valence electrons. The Kier molecular flexibility index (Phi) is 3.84. The molecule has 3 aromatic heterocycles. The number of anilines is 1. The van der Waals surface area contributed by atoms with Gasteiger partial charge in [-0.05, 0) is 37.0 Å². The Morgan fingerprint density at radius 2 is 2.00 bits per heavy atom. The monoisotopic (exact) mass is 309 g/mol. The van der Waals surface area contributed by atoms with Crippen molar-refractivity contribution < 1.29 is 9.15 Å². The summed E-state index contributed by atoms with van der Waals surface area (Å²) in [5.74, 6) is 2.30. The Labute approximate surface area is 134 Å². The summed E-state index contributed by atoms with van der Waals surface area (Å²) >= 11 is 0. The van der Waals surface area contributed by atoms with Crippen LogP contribution in [0.5, 0.6) is 5.88 Å². The van der Waals surface area contributed by atoms with Gasteiger partial charge in [0.25, 0.3) is 0 Å². The van der Waals surface area contributed by atoms with Crippen LogP contribution < -0.4 is 9.64 Å². The first-order valence-electron chi connectivity index (χ1n) is 8.01. The lowest BCUT2D eigenvalue weighted by Crippen LogP contribution is -2.36. The van der Waals surface area contributed by atoms with Crippen LogP contribution >= 0.6 is 0 Å². The van der Waals surface area contributed by atoms with E-state index in [1.807, 2.05) is 36.5 Å². The lowest BCUT2D eigenvalue weighted by Gasteiger charge is -2.32. The lowest BCUT2D eigenvalue weighted by molar-refractivity contribution is 0.216. The molecule has 4 heterocycles. The summed E-state index contributed by atoms with van der Waals surface area (Å²) < 4.78 is 11.2. The van der Waals surface area contributed by atoms with Gasteiger partial charge in [0.05, 0.1) is 18.3 Å². The third kappa shape index (κ3) is 2.99. The molecule has 5 heteroatoms. The second-order valence-corrected chi connectivity index (χ2v) is 5.88. The van der Waals surface area contributed by atoms with Crippen LogP contribution in [-0.4, -0.2) is 29.7 Å². The van der Waals surface area contributed by atoms with Crippen molar-refractivity contribution in [3.63, 3.8) is 0 Å². The minimum Gasteiger partial charge on any atom is -0.477 e.